The van der Waals surface area contributed by atoms with Crippen LogP contribution in [0, 0.1) is 5.92 Å². The Morgan fingerprint density at radius 1 is 0.806 bits per heavy atom. The van der Waals surface area contributed by atoms with Crippen molar-refractivity contribution in [3.05, 3.63) is 72.1 Å². The lowest BCUT2D eigenvalue weighted by Gasteiger charge is -2.39. The summed E-state index contributed by atoms with van der Waals surface area (Å²) in [6.45, 7) is 28.9. The van der Waals surface area contributed by atoms with Crippen LogP contribution in [-0.4, -0.2) is 127 Å². The Balaban J connectivity index is 0.00000129. The number of fused-ring (bicyclic) bond motifs is 1. The highest BCUT2D eigenvalue weighted by molar-refractivity contribution is 7.86. The third kappa shape index (κ3) is 17.0. The van der Waals surface area contributed by atoms with Crippen LogP contribution in [0.4, 0.5) is 22.8 Å². The zero-order valence-electron chi connectivity index (χ0n) is 43.3. The van der Waals surface area contributed by atoms with Crippen molar-refractivity contribution in [2.75, 3.05) is 26.2 Å². The van der Waals surface area contributed by atoms with Crippen LogP contribution < -0.4 is 14.7 Å². The topological polar surface area (TPSA) is 225 Å². The van der Waals surface area contributed by atoms with Crippen LogP contribution in [-0.2, 0) is 51.5 Å². The molecule has 2 aliphatic rings. The first-order valence-electron chi connectivity index (χ1n) is 23.1. The van der Waals surface area contributed by atoms with Gasteiger partial charge in [0.2, 0.25) is 12.3 Å². The van der Waals surface area contributed by atoms with E-state index in [0.29, 0.717) is 37.0 Å². The summed E-state index contributed by atoms with van der Waals surface area (Å²) in [4.78, 5) is 72.6. The molecule has 2 atom stereocenters. The van der Waals surface area contributed by atoms with Crippen LogP contribution in [0.3, 0.4) is 0 Å². The van der Waals surface area contributed by atoms with E-state index in [1.807, 2.05) is 66.1 Å². The lowest BCUT2D eigenvalue weighted by molar-refractivity contribution is -0.782. The Kier molecular flexibility index (Phi) is 18.3. The molecule has 0 bridgehead atoms. The molecule has 2 aliphatic heterocycles. The maximum Gasteiger partial charge on any atom is 0.485 e. The van der Waals surface area contributed by atoms with Gasteiger partial charge in [-0.2, -0.15) is 17.9 Å². The van der Waals surface area contributed by atoms with Crippen LogP contribution in [0.1, 0.15) is 104 Å². The summed E-state index contributed by atoms with van der Waals surface area (Å²) in [5.74, 6) is -1.60. The van der Waals surface area contributed by atoms with E-state index in [-0.39, 0.29) is 41.3 Å². The van der Waals surface area contributed by atoms with Crippen molar-refractivity contribution in [2.24, 2.45) is 5.92 Å². The predicted octanol–water partition coefficient (Wildman–Crippen LogP) is 7.59. The molecule has 1 fully saturated rings. The van der Waals surface area contributed by atoms with Gasteiger partial charge < -0.3 is 38.1 Å². The average molecular weight is 1060 g/mol. The van der Waals surface area contributed by atoms with E-state index >= 15 is 0 Å². The first-order valence-corrected chi connectivity index (χ1v) is 27.4. The highest BCUT2D eigenvalue weighted by Gasteiger charge is 2.43. The molecule has 4 amide bonds. The lowest BCUT2D eigenvalue weighted by atomic mass is 10.0. The Labute approximate surface area is 420 Å². The number of carbonyl (C=O) groups is 5. The van der Waals surface area contributed by atoms with Crippen molar-refractivity contribution >= 4 is 48.4 Å². The summed E-state index contributed by atoms with van der Waals surface area (Å²) in [5, 5.41) is 3.42. The molecule has 0 unspecified atom stereocenters. The summed E-state index contributed by atoms with van der Waals surface area (Å²) in [5.41, 5.74) is -5.68. The summed E-state index contributed by atoms with van der Waals surface area (Å²) in [7, 11) is -8.41. The van der Waals surface area contributed by atoms with Crippen molar-refractivity contribution in [3.63, 3.8) is 0 Å². The van der Waals surface area contributed by atoms with Gasteiger partial charge in [-0.15, -0.1) is 9.75 Å². The lowest BCUT2D eigenvalue weighted by Crippen LogP contribution is -2.58. The van der Waals surface area contributed by atoms with E-state index in [9.17, 15) is 37.1 Å². The molecule has 3 aromatic rings. The number of halogens is 3. The van der Waals surface area contributed by atoms with Gasteiger partial charge in [0.25, 0.3) is 11.8 Å². The van der Waals surface area contributed by atoms with Crippen LogP contribution in [0.5, 0.6) is 5.75 Å². The second-order valence-electron chi connectivity index (χ2n) is 21.9. The van der Waals surface area contributed by atoms with Gasteiger partial charge >= 0.3 is 23.7 Å². The fourth-order valence-electron chi connectivity index (χ4n) is 6.66. The largest absolute Gasteiger partial charge is 0.741 e. The Morgan fingerprint density at radius 2 is 1.32 bits per heavy atom. The van der Waals surface area contributed by atoms with E-state index in [1.54, 1.807) is 49.9 Å². The number of benzene rings is 2. The monoisotopic (exact) mass is 1060 g/mol. The molecule has 72 heavy (non-hydrogen) atoms. The molecule has 0 spiro atoms. The molecule has 19 nitrogen and oxygen atoms in total. The third-order valence-corrected chi connectivity index (χ3v) is 16.1. The number of aromatic nitrogens is 2. The number of ether oxygens (including phenoxy) is 4. The molecule has 2 aromatic carbocycles. The van der Waals surface area contributed by atoms with Crippen LogP contribution >= 0.6 is 0 Å². The number of carbonyl (C=O) groups excluding carboxylic acids is 5. The van der Waals surface area contributed by atoms with Gasteiger partial charge in [0.15, 0.2) is 25.0 Å². The van der Waals surface area contributed by atoms with E-state index < -0.39 is 76.8 Å². The number of hydroxylamine groups is 2. The van der Waals surface area contributed by atoms with Gasteiger partial charge in [0.05, 0.1) is 34.9 Å². The molecule has 24 heteroatoms. The van der Waals surface area contributed by atoms with E-state index in [2.05, 4.69) is 48.5 Å². The number of esters is 1. The van der Waals surface area contributed by atoms with Crippen molar-refractivity contribution in [1.82, 2.24) is 20.0 Å². The number of rotatable bonds is 15. The Bertz CT molecular complexity index is 2500. The van der Waals surface area contributed by atoms with Crippen molar-refractivity contribution < 1.29 is 83.0 Å². The molecule has 5 rings (SSSR count). The number of hydrogen-bond donors (Lipinski definition) is 1. The van der Waals surface area contributed by atoms with E-state index in [1.165, 1.54) is 12.1 Å². The second-order valence-corrected chi connectivity index (χ2v) is 28.0. The first kappa shape index (κ1) is 59.0. The molecular formula is C48H68F3N5O14SSi. The van der Waals surface area contributed by atoms with E-state index in [0.717, 1.165) is 11.1 Å². The standard InChI is InChI=1S/C47H67N5O11Si.CHF3O3S/c1-44(2,3)59-41(55)38(62-52-39(53)36-17-15-16-18-37(36)40(52)54)30-58-34-21-19-32(20-22-34)33-27-50(26-31-24-49(25-31)43(57)61-46(7,8)9)51(28-33)29-35(63-64(13,14)47(10,11)12)23-48-42(56)60-45(4,5)6;2-1(3,4)8(5,6)7/h15-22,27-28,31,35,38H,23-26,29-30H2,1-14H3;(H,5,6,7)/t35-,38-;/m0./s1. The Hall–Kier alpha value is -5.56. The minimum absolute atomic E-state index is 0.0935. The van der Waals surface area contributed by atoms with Crippen molar-refractivity contribution in [2.45, 2.75) is 149 Å². The van der Waals surface area contributed by atoms with Crippen LogP contribution in [0.15, 0.2) is 60.9 Å². The summed E-state index contributed by atoms with van der Waals surface area (Å²) in [6.07, 6.45) is 1.36. The maximum atomic E-state index is 13.3. The fourth-order valence-corrected chi connectivity index (χ4v) is 8.01. The minimum Gasteiger partial charge on any atom is -0.741 e. The van der Waals surface area contributed by atoms with Crippen molar-refractivity contribution in [1.29, 1.82) is 0 Å². The molecule has 3 heterocycles. The molecule has 1 saturated heterocycles. The molecule has 1 N–H and O–H groups in total. The van der Waals surface area contributed by atoms with E-state index in [4.69, 9.17) is 41.2 Å². The van der Waals surface area contributed by atoms with Gasteiger partial charge in [0.1, 0.15) is 35.7 Å². The van der Waals surface area contributed by atoms with Crippen LogP contribution in [0.2, 0.25) is 18.1 Å². The Morgan fingerprint density at radius 3 is 1.79 bits per heavy atom. The van der Waals surface area contributed by atoms with Gasteiger partial charge in [-0.3, -0.25) is 9.59 Å². The fraction of sp³-hybridized carbons (Fsp3) is 0.583. The molecule has 0 saturated carbocycles. The summed E-state index contributed by atoms with van der Waals surface area (Å²) >= 11 is 0. The number of alkyl carbamates (subject to hydrolysis) is 1. The van der Waals surface area contributed by atoms with Gasteiger partial charge in [-0.25, -0.2) is 27.6 Å². The zero-order valence-corrected chi connectivity index (χ0v) is 45.1. The van der Waals surface area contributed by atoms with Crippen LogP contribution in [0.25, 0.3) is 11.1 Å². The molecular weight excluding hydrogens is 988 g/mol. The maximum absolute atomic E-state index is 13.3. The summed E-state index contributed by atoms with van der Waals surface area (Å²) < 4.78 is 92.8. The number of hydrogen-bond acceptors (Lipinski definition) is 14. The third-order valence-electron chi connectivity index (χ3n) is 11.0. The second kappa shape index (κ2) is 22.3. The number of alkyl halides is 3. The minimum atomic E-state index is -6.09. The first-order chi connectivity index (χ1) is 32.7. The number of likely N-dealkylation sites (tertiary alicyclic amines) is 1. The highest BCUT2D eigenvalue weighted by Crippen LogP contribution is 2.37. The van der Waals surface area contributed by atoms with Crippen molar-refractivity contribution in [3.8, 4) is 16.9 Å². The average Bonchev–Trinajstić information content (AvgIpc) is 3.69. The molecule has 0 aliphatic carbocycles. The molecule has 0 radical (unpaired) electrons. The predicted molar refractivity (Wildman–Crippen MR) is 257 cm³/mol. The van der Waals surface area contributed by atoms with Gasteiger partial charge in [0, 0.05) is 19.6 Å². The molecule has 1 aromatic heterocycles. The number of nitrogens with zero attached hydrogens (tertiary/aromatic N) is 4. The molecule has 400 valence electrons. The SMILES string of the molecule is CC(C)(C)OC(=O)NC[C@@H](Cn1cc(-c2ccc(OC[C@H](ON3C(=O)c4ccccc4C3=O)C(=O)OC(C)(C)C)cc2)c[n+]1CC1CN(C(=O)OC(C)(C)C)C1)O[Si](C)(C)C(C)(C)C.O=S(=O)([O-])C(F)(F)F. The van der Waals surface area contributed by atoms with Gasteiger partial charge in [-0.1, -0.05) is 45.0 Å². The number of nitrogens with one attached hydrogen (secondary N) is 1. The normalized spacial score (nSPS) is 15.7. The summed E-state index contributed by atoms with van der Waals surface area (Å²) in [6, 6.07) is 13.6. The quantitative estimate of drug-likeness (QED) is 0.0294. The zero-order chi connectivity index (χ0) is 54.6. The number of imide groups is 1. The highest BCUT2D eigenvalue weighted by atomic mass is 32.2. The number of amides is 4. The smallest absolute Gasteiger partial charge is 0.485 e. The van der Waals surface area contributed by atoms with Gasteiger partial charge in [-0.05, 0) is 110 Å².